The van der Waals surface area contributed by atoms with Gasteiger partial charge < -0.3 is 24.3 Å². The molecular weight excluding hydrogens is 260 g/mol. The lowest BCUT2D eigenvalue weighted by Gasteiger charge is -2.20. The summed E-state index contributed by atoms with van der Waals surface area (Å²) in [5, 5.41) is 2.15. The van der Waals surface area contributed by atoms with Crippen molar-refractivity contribution in [1.82, 2.24) is 5.32 Å². The van der Waals surface area contributed by atoms with Crippen molar-refractivity contribution in [1.29, 1.82) is 0 Å². The highest BCUT2D eigenvalue weighted by Crippen LogP contribution is 2.58. The molecule has 0 bridgehead atoms. The lowest BCUT2D eigenvalue weighted by Crippen LogP contribution is -2.30. The van der Waals surface area contributed by atoms with Crippen molar-refractivity contribution >= 4 is 15.2 Å². The Morgan fingerprint density at radius 1 is 1.19 bits per heavy atom. The SMILES string of the molecule is CCOCCCNC(P(=O)(O)O)P(=O)(O)O. The van der Waals surface area contributed by atoms with Gasteiger partial charge in [0.15, 0.2) is 0 Å². The summed E-state index contributed by atoms with van der Waals surface area (Å²) >= 11 is 0. The predicted octanol–water partition coefficient (Wildman–Crippen LogP) is -0.358. The quantitative estimate of drug-likeness (QED) is 0.300. The molecule has 8 nitrogen and oxygen atoms in total. The number of nitrogens with one attached hydrogen (secondary N) is 1. The Hall–Kier alpha value is 0.220. The first-order valence-corrected chi connectivity index (χ1v) is 7.97. The Morgan fingerprint density at radius 2 is 1.69 bits per heavy atom. The molecule has 0 aliphatic carbocycles. The molecule has 0 aliphatic heterocycles. The van der Waals surface area contributed by atoms with E-state index in [2.05, 4.69) is 5.32 Å². The van der Waals surface area contributed by atoms with E-state index in [1.807, 2.05) is 0 Å². The molecule has 0 aromatic rings. The van der Waals surface area contributed by atoms with Crippen molar-refractivity contribution in [2.45, 2.75) is 18.9 Å². The average molecular weight is 277 g/mol. The van der Waals surface area contributed by atoms with E-state index in [0.717, 1.165) is 0 Å². The summed E-state index contributed by atoms with van der Waals surface area (Å²) in [6.45, 7) is 2.72. The van der Waals surface area contributed by atoms with Crippen LogP contribution in [0.4, 0.5) is 0 Å². The van der Waals surface area contributed by atoms with E-state index in [1.54, 1.807) is 6.92 Å². The minimum Gasteiger partial charge on any atom is -0.382 e. The summed E-state index contributed by atoms with van der Waals surface area (Å²) in [5.74, 6) is 0. The van der Waals surface area contributed by atoms with Crippen LogP contribution in [0.25, 0.3) is 0 Å². The third-order valence-electron chi connectivity index (χ3n) is 1.63. The van der Waals surface area contributed by atoms with Crippen LogP contribution in [0.3, 0.4) is 0 Å². The van der Waals surface area contributed by atoms with E-state index in [1.165, 1.54) is 0 Å². The zero-order valence-electron chi connectivity index (χ0n) is 8.81. The molecule has 0 saturated carbocycles. The zero-order valence-corrected chi connectivity index (χ0v) is 10.6. The van der Waals surface area contributed by atoms with Gasteiger partial charge in [0, 0.05) is 13.2 Å². The Morgan fingerprint density at radius 3 is 2.06 bits per heavy atom. The van der Waals surface area contributed by atoms with Crippen molar-refractivity contribution in [3.05, 3.63) is 0 Å². The van der Waals surface area contributed by atoms with Crippen molar-refractivity contribution in [3.63, 3.8) is 0 Å². The van der Waals surface area contributed by atoms with Crippen LogP contribution in [0.15, 0.2) is 0 Å². The molecule has 0 radical (unpaired) electrons. The van der Waals surface area contributed by atoms with Gasteiger partial charge in [0.25, 0.3) is 0 Å². The first kappa shape index (κ1) is 16.2. The molecule has 0 aliphatic rings. The molecule has 0 fully saturated rings. The molecule has 0 aromatic heterocycles. The summed E-state index contributed by atoms with van der Waals surface area (Å²) in [6.07, 6.45) is 0.407. The molecule has 98 valence electrons. The highest BCUT2D eigenvalue weighted by Gasteiger charge is 2.42. The van der Waals surface area contributed by atoms with Crippen LogP contribution < -0.4 is 5.32 Å². The Kier molecular flexibility index (Phi) is 6.93. The van der Waals surface area contributed by atoms with Crippen LogP contribution in [0.2, 0.25) is 0 Å². The summed E-state index contributed by atoms with van der Waals surface area (Å²) < 4.78 is 26.6. The monoisotopic (exact) mass is 277 g/mol. The largest absolute Gasteiger partial charge is 0.382 e. The molecule has 10 heteroatoms. The van der Waals surface area contributed by atoms with Gasteiger partial charge in [-0.1, -0.05) is 0 Å². The van der Waals surface area contributed by atoms with Crippen LogP contribution in [-0.4, -0.2) is 44.9 Å². The van der Waals surface area contributed by atoms with Crippen LogP contribution in [0.1, 0.15) is 13.3 Å². The van der Waals surface area contributed by atoms with Gasteiger partial charge in [-0.25, -0.2) is 0 Å². The summed E-state index contributed by atoms with van der Waals surface area (Å²) in [4.78, 5) is 35.0. The van der Waals surface area contributed by atoms with Crippen LogP contribution >= 0.6 is 15.2 Å². The molecule has 16 heavy (non-hydrogen) atoms. The number of hydrogen-bond donors (Lipinski definition) is 5. The van der Waals surface area contributed by atoms with E-state index in [4.69, 9.17) is 24.3 Å². The molecule has 0 amide bonds. The minimum atomic E-state index is -4.87. The van der Waals surface area contributed by atoms with Gasteiger partial charge in [-0.2, -0.15) is 0 Å². The fraction of sp³-hybridized carbons (Fsp3) is 1.00. The summed E-state index contributed by atoms with van der Waals surface area (Å²) in [5.41, 5.74) is -2.14. The molecule has 0 spiro atoms. The lowest BCUT2D eigenvalue weighted by molar-refractivity contribution is 0.144. The summed E-state index contributed by atoms with van der Waals surface area (Å²) in [7, 11) is -9.74. The second-order valence-electron chi connectivity index (χ2n) is 3.06. The standard InChI is InChI=1S/C6H17NO7P2/c1-2-14-5-3-4-7-6(15(8,9)10)16(11,12)13/h6-7H,2-5H2,1H3,(H2,8,9,10)(H2,11,12,13). The lowest BCUT2D eigenvalue weighted by atomic mass is 10.4. The normalized spacial score (nSPS) is 13.4. The highest BCUT2D eigenvalue weighted by atomic mass is 31.2. The molecule has 5 N–H and O–H groups in total. The van der Waals surface area contributed by atoms with Crippen molar-refractivity contribution < 1.29 is 33.4 Å². The fourth-order valence-corrected chi connectivity index (χ4v) is 3.28. The molecule has 0 rings (SSSR count). The first-order valence-electron chi connectivity index (χ1n) is 4.61. The Labute approximate surface area is 93.3 Å². The van der Waals surface area contributed by atoms with Crippen LogP contribution in [0.5, 0.6) is 0 Å². The second-order valence-corrected chi connectivity index (χ2v) is 6.85. The van der Waals surface area contributed by atoms with Gasteiger partial charge in [0.1, 0.15) is 0 Å². The van der Waals surface area contributed by atoms with Gasteiger partial charge in [-0.15, -0.1) is 0 Å². The maximum Gasteiger partial charge on any atom is 0.354 e. The smallest absolute Gasteiger partial charge is 0.354 e. The third-order valence-corrected chi connectivity index (χ3v) is 5.08. The highest BCUT2D eigenvalue weighted by molar-refractivity contribution is 7.70. The Bertz CT molecular complexity index is 263. The van der Waals surface area contributed by atoms with Gasteiger partial charge >= 0.3 is 15.2 Å². The molecular formula is C6H17NO7P2. The molecule has 0 unspecified atom stereocenters. The van der Waals surface area contributed by atoms with Crippen LogP contribution in [-0.2, 0) is 13.9 Å². The zero-order chi connectivity index (χ0) is 12.8. The molecule has 0 saturated heterocycles. The first-order chi connectivity index (χ1) is 7.19. The maximum atomic E-state index is 10.8. The number of hydrogen-bond acceptors (Lipinski definition) is 4. The molecule has 0 heterocycles. The topological polar surface area (TPSA) is 136 Å². The molecule has 0 atom stereocenters. The number of ether oxygens (including phenoxy) is 1. The maximum absolute atomic E-state index is 10.8. The van der Waals surface area contributed by atoms with Gasteiger partial charge in [-0.3, -0.25) is 14.4 Å². The van der Waals surface area contributed by atoms with Crippen molar-refractivity contribution in [2.24, 2.45) is 0 Å². The van der Waals surface area contributed by atoms with Crippen molar-refractivity contribution in [2.75, 3.05) is 19.8 Å². The van der Waals surface area contributed by atoms with E-state index in [0.29, 0.717) is 19.6 Å². The van der Waals surface area contributed by atoms with Gasteiger partial charge in [-0.05, 0) is 19.9 Å². The van der Waals surface area contributed by atoms with E-state index >= 15 is 0 Å². The second kappa shape index (κ2) is 6.83. The van der Waals surface area contributed by atoms with Gasteiger partial charge in [0.2, 0.25) is 5.52 Å². The van der Waals surface area contributed by atoms with E-state index < -0.39 is 20.7 Å². The molecule has 0 aromatic carbocycles. The van der Waals surface area contributed by atoms with Crippen molar-refractivity contribution in [3.8, 4) is 0 Å². The Balaban J connectivity index is 4.17. The predicted molar refractivity (Wildman–Crippen MR) is 57.0 cm³/mol. The average Bonchev–Trinajstić information content (AvgIpc) is 2.06. The summed E-state index contributed by atoms with van der Waals surface area (Å²) in [6, 6.07) is 0. The van der Waals surface area contributed by atoms with Crippen LogP contribution in [0, 0.1) is 0 Å². The fourth-order valence-electron chi connectivity index (χ4n) is 0.984. The van der Waals surface area contributed by atoms with E-state index in [-0.39, 0.29) is 6.54 Å². The van der Waals surface area contributed by atoms with Gasteiger partial charge in [0.05, 0.1) is 0 Å². The third kappa shape index (κ3) is 6.73. The van der Waals surface area contributed by atoms with E-state index in [9.17, 15) is 9.13 Å². The number of rotatable bonds is 8. The minimum absolute atomic E-state index is 0.0564.